The Balaban J connectivity index is 1.63. The molecule has 1 saturated heterocycles. The molecule has 2 atom stereocenters. The fourth-order valence-corrected chi connectivity index (χ4v) is 2.88. The summed E-state index contributed by atoms with van der Waals surface area (Å²) in [4.78, 5) is 15.8. The topological polar surface area (TPSA) is 54.6 Å². The Labute approximate surface area is 127 Å². The van der Waals surface area contributed by atoms with Gasteiger partial charge in [-0.15, -0.1) is 0 Å². The van der Waals surface area contributed by atoms with Crippen LogP contribution >= 0.6 is 0 Å². The van der Waals surface area contributed by atoms with Crippen molar-refractivity contribution in [2.75, 3.05) is 7.11 Å². The van der Waals surface area contributed by atoms with E-state index in [2.05, 4.69) is 4.98 Å². The second kappa shape index (κ2) is 5.00. The van der Waals surface area contributed by atoms with Crippen LogP contribution in [-0.2, 0) is 4.74 Å². The van der Waals surface area contributed by atoms with Gasteiger partial charge in [0.25, 0.3) is 0 Å². The number of aromatic amines is 1. The van der Waals surface area contributed by atoms with E-state index in [1.807, 2.05) is 48.5 Å². The molecule has 0 unspecified atom stereocenters. The fourth-order valence-electron chi connectivity index (χ4n) is 2.88. The van der Waals surface area contributed by atoms with Crippen molar-refractivity contribution >= 4 is 16.7 Å². The highest BCUT2D eigenvalue weighted by atomic mass is 16.6. The molecule has 2 aromatic carbocycles. The molecule has 3 aromatic rings. The number of ether oxygens (including phenoxy) is 2. The van der Waals surface area contributed by atoms with Crippen molar-refractivity contribution in [3.05, 3.63) is 65.9 Å². The third-order valence-electron chi connectivity index (χ3n) is 4.05. The van der Waals surface area contributed by atoms with E-state index in [-0.39, 0.29) is 11.9 Å². The lowest BCUT2D eigenvalue weighted by molar-refractivity contribution is 0.0955. The first kappa shape index (κ1) is 13.1. The number of methoxy groups -OCH3 is 1. The zero-order valence-corrected chi connectivity index (χ0v) is 12.1. The number of Topliss-reactive ketones (excluding diaryl/α,β-unsaturated/α-hetero) is 1. The third kappa shape index (κ3) is 2.00. The van der Waals surface area contributed by atoms with Gasteiger partial charge in [-0.3, -0.25) is 4.79 Å². The van der Waals surface area contributed by atoms with Crippen LogP contribution in [0.3, 0.4) is 0 Å². The van der Waals surface area contributed by atoms with Gasteiger partial charge in [0.15, 0.2) is 11.9 Å². The Kier molecular flexibility index (Phi) is 2.98. The van der Waals surface area contributed by atoms with E-state index in [4.69, 9.17) is 9.47 Å². The summed E-state index contributed by atoms with van der Waals surface area (Å²) in [6.45, 7) is 0. The second-order valence-corrected chi connectivity index (χ2v) is 5.33. The maximum absolute atomic E-state index is 12.7. The van der Waals surface area contributed by atoms with Crippen molar-refractivity contribution in [1.82, 2.24) is 4.98 Å². The molecule has 1 aromatic heterocycles. The molecule has 1 fully saturated rings. The Morgan fingerprint density at radius 2 is 1.91 bits per heavy atom. The summed E-state index contributed by atoms with van der Waals surface area (Å²) in [5.74, 6) is 0.759. The molecule has 22 heavy (non-hydrogen) atoms. The number of benzene rings is 2. The van der Waals surface area contributed by atoms with Gasteiger partial charge in [0, 0.05) is 28.2 Å². The number of nitrogens with one attached hydrogen (secondary N) is 1. The minimum absolute atomic E-state index is 0.00774. The Bertz CT molecular complexity index is 852. The molecule has 0 amide bonds. The van der Waals surface area contributed by atoms with Gasteiger partial charge in [-0.05, 0) is 12.1 Å². The average Bonchev–Trinajstić information content (AvgIpc) is 3.25. The molecule has 1 aliphatic heterocycles. The number of H-pyrrole nitrogens is 1. The number of fused-ring (bicyclic) bond motifs is 1. The molecule has 0 aliphatic carbocycles. The van der Waals surface area contributed by atoms with Crippen LogP contribution in [0, 0.1) is 0 Å². The van der Waals surface area contributed by atoms with Crippen molar-refractivity contribution in [2.24, 2.45) is 0 Å². The van der Waals surface area contributed by atoms with Crippen molar-refractivity contribution in [1.29, 1.82) is 0 Å². The predicted octanol–water partition coefficient (Wildman–Crippen LogP) is 3.50. The summed E-state index contributed by atoms with van der Waals surface area (Å²) < 4.78 is 11.0. The van der Waals surface area contributed by atoms with Gasteiger partial charge in [0.2, 0.25) is 0 Å². The van der Waals surface area contributed by atoms with Crippen molar-refractivity contribution in [3.8, 4) is 5.75 Å². The highest BCUT2D eigenvalue weighted by Crippen LogP contribution is 2.44. The molecule has 110 valence electrons. The van der Waals surface area contributed by atoms with E-state index in [9.17, 15) is 4.79 Å². The van der Waals surface area contributed by atoms with E-state index in [1.165, 1.54) is 0 Å². The number of carbonyl (C=O) groups is 1. The van der Waals surface area contributed by atoms with Gasteiger partial charge >= 0.3 is 0 Å². The van der Waals surface area contributed by atoms with E-state index in [0.29, 0.717) is 5.56 Å². The molecule has 1 N–H and O–H groups in total. The van der Waals surface area contributed by atoms with E-state index < -0.39 is 6.10 Å². The summed E-state index contributed by atoms with van der Waals surface area (Å²) in [5, 5.41) is 0.932. The van der Waals surface area contributed by atoms with Crippen LogP contribution in [0.25, 0.3) is 10.9 Å². The molecular weight excluding hydrogens is 278 g/mol. The molecule has 0 spiro atoms. The second-order valence-electron chi connectivity index (χ2n) is 5.33. The number of aromatic nitrogens is 1. The van der Waals surface area contributed by atoms with Crippen LogP contribution in [0.2, 0.25) is 0 Å². The molecule has 0 saturated carbocycles. The first-order chi connectivity index (χ1) is 10.8. The van der Waals surface area contributed by atoms with Gasteiger partial charge in [-0.2, -0.15) is 0 Å². The van der Waals surface area contributed by atoms with Crippen LogP contribution in [0.1, 0.15) is 22.0 Å². The normalized spacial score (nSPS) is 20.0. The van der Waals surface area contributed by atoms with Gasteiger partial charge in [0.05, 0.1) is 7.11 Å². The highest BCUT2D eigenvalue weighted by Gasteiger charge is 2.47. The van der Waals surface area contributed by atoms with Crippen LogP contribution in [0.15, 0.2) is 54.7 Å². The first-order valence-corrected chi connectivity index (χ1v) is 7.18. The van der Waals surface area contributed by atoms with Crippen LogP contribution < -0.4 is 4.74 Å². The maximum atomic E-state index is 12.7. The highest BCUT2D eigenvalue weighted by molar-refractivity contribution is 6.11. The lowest BCUT2D eigenvalue weighted by Gasteiger charge is -2.04. The summed E-state index contributed by atoms with van der Waals surface area (Å²) in [6.07, 6.45) is 1.10. The third-order valence-corrected chi connectivity index (χ3v) is 4.05. The quantitative estimate of drug-likeness (QED) is 0.591. The number of carbonyl (C=O) groups excluding carboxylic acids is 1. The number of hydrogen-bond acceptors (Lipinski definition) is 3. The lowest BCUT2D eigenvalue weighted by atomic mass is 10.0. The number of rotatable bonds is 4. The zero-order chi connectivity index (χ0) is 15.1. The Morgan fingerprint density at radius 1 is 1.14 bits per heavy atom. The molecule has 2 heterocycles. The minimum atomic E-state index is -0.435. The molecule has 0 radical (unpaired) electrons. The van der Waals surface area contributed by atoms with E-state index >= 15 is 0 Å². The summed E-state index contributed by atoms with van der Waals surface area (Å²) in [6, 6.07) is 15.4. The van der Waals surface area contributed by atoms with Crippen LogP contribution in [0.5, 0.6) is 5.75 Å². The molecule has 4 rings (SSSR count). The van der Waals surface area contributed by atoms with Crippen LogP contribution in [0.4, 0.5) is 0 Å². The lowest BCUT2D eigenvalue weighted by Crippen LogP contribution is -2.08. The minimum Gasteiger partial charge on any atom is -0.496 e. The SMILES string of the molecule is COc1ccccc1[C@@H]1O[C@@H]1C(=O)c1c[nH]c2ccccc12. The fraction of sp³-hybridized carbons (Fsp3) is 0.167. The molecule has 1 aliphatic rings. The zero-order valence-electron chi connectivity index (χ0n) is 12.1. The summed E-state index contributed by atoms with van der Waals surface area (Å²) in [5.41, 5.74) is 2.56. The van der Waals surface area contributed by atoms with E-state index in [0.717, 1.165) is 22.2 Å². The van der Waals surface area contributed by atoms with Gasteiger partial charge in [-0.1, -0.05) is 36.4 Å². The average molecular weight is 293 g/mol. The van der Waals surface area contributed by atoms with Crippen molar-refractivity contribution in [3.63, 3.8) is 0 Å². The Morgan fingerprint density at radius 3 is 2.77 bits per heavy atom. The van der Waals surface area contributed by atoms with Gasteiger partial charge in [-0.25, -0.2) is 0 Å². The van der Waals surface area contributed by atoms with Gasteiger partial charge < -0.3 is 14.5 Å². The summed E-state index contributed by atoms with van der Waals surface area (Å²) >= 11 is 0. The molecule has 4 heteroatoms. The largest absolute Gasteiger partial charge is 0.496 e. The van der Waals surface area contributed by atoms with Crippen LogP contribution in [-0.4, -0.2) is 24.0 Å². The predicted molar refractivity (Wildman–Crippen MR) is 83.2 cm³/mol. The molecule has 0 bridgehead atoms. The van der Waals surface area contributed by atoms with E-state index in [1.54, 1.807) is 13.3 Å². The first-order valence-electron chi connectivity index (χ1n) is 7.18. The number of para-hydroxylation sites is 2. The maximum Gasteiger partial charge on any atom is 0.196 e. The van der Waals surface area contributed by atoms with Crippen molar-refractivity contribution in [2.45, 2.75) is 12.2 Å². The molecule has 4 nitrogen and oxygen atoms in total. The molecular formula is C18H15NO3. The Hall–Kier alpha value is -2.59. The monoisotopic (exact) mass is 293 g/mol. The van der Waals surface area contributed by atoms with Gasteiger partial charge in [0.1, 0.15) is 11.9 Å². The number of epoxide rings is 1. The standard InChI is InChI=1S/C18H15NO3/c1-21-15-9-5-3-7-12(15)17-18(22-17)16(20)13-10-19-14-8-4-2-6-11(13)14/h2-10,17-19H,1H3/t17-,18+/m0/s1. The van der Waals surface area contributed by atoms with Crippen molar-refractivity contribution < 1.29 is 14.3 Å². The summed E-state index contributed by atoms with van der Waals surface area (Å²) in [7, 11) is 1.62. The number of hydrogen-bond donors (Lipinski definition) is 1. The number of ketones is 1. The smallest absolute Gasteiger partial charge is 0.196 e.